The predicted octanol–water partition coefficient (Wildman–Crippen LogP) is 5.96. The maximum Gasteiger partial charge on any atom is 0.308 e. The van der Waals surface area contributed by atoms with Gasteiger partial charge >= 0.3 is 5.97 Å². The summed E-state index contributed by atoms with van der Waals surface area (Å²) in [6.07, 6.45) is 3.74. The van der Waals surface area contributed by atoms with Gasteiger partial charge in [-0.05, 0) is 29.2 Å². The third-order valence-corrected chi connectivity index (χ3v) is 5.46. The van der Waals surface area contributed by atoms with Crippen molar-refractivity contribution in [2.24, 2.45) is 0 Å². The highest BCUT2D eigenvalue weighted by Gasteiger charge is 2.31. The van der Waals surface area contributed by atoms with Crippen molar-refractivity contribution in [3.8, 4) is 5.75 Å². The molecule has 0 aromatic heterocycles. The van der Waals surface area contributed by atoms with Crippen molar-refractivity contribution in [1.29, 1.82) is 0 Å². The molecular weight excluding hydrogens is 388 g/mol. The smallest absolute Gasteiger partial charge is 0.308 e. The molecule has 0 spiro atoms. The van der Waals surface area contributed by atoms with Gasteiger partial charge in [-0.1, -0.05) is 84.9 Å². The van der Waals surface area contributed by atoms with Gasteiger partial charge < -0.3 is 14.2 Å². The van der Waals surface area contributed by atoms with Crippen molar-refractivity contribution in [3.05, 3.63) is 107 Å². The van der Waals surface area contributed by atoms with Crippen LogP contribution in [0.5, 0.6) is 5.75 Å². The molecule has 1 aliphatic heterocycles. The fourth-order valence-corrected chi connectivity index (χ4v) is 3.85. The molecule has 4 heteroatoms. The van der Waals surface area contributed by atoms with Gasteiger partial charge in [-0.15, -0.1) is 0 Å². The maximum atomic E-state index is 11.8. The topological polar surface area (TPSA) is 44.8 Å². The van der Waals surface area contributed by atoms with E-state index in [2.05, 4.69) is 12.1 Å². The first-order valence-electron chi connectivity index (χ1n) is 10.4. The van der Waals surface area contributed by atoms with Gasteiger partial charge in [-0.3, -0.25) is 4.79 Å². The molecule has 0 amide bonds. The highest BCUT2D eigenvalue weighted by Crippen LogP contribution is 2.42. The van der Waals surface area contributed by atoms with Crippen molar-refractivity contribution in [2.75, 3.05) is 7.11 Å². The number of aryl methyl sites for hydroxylation is 1. The van der Waals surface area contributed by atoms with Gasteiger partial charge in [0.15, 0.2) is 0 Å². The zero-order valence-electron chi connectivity index (χ0n) is 17.8. The molecule has 3 aromatic carbocycles. The summed E-state index contributed by atoms with van der Waals surface area (Å²) in [7, 11) is 1.40. The van der Waals surface area contributed by atoms with E-state index in [1.165, 1.54) is 7.11 Å². The van der Waals surface area contributed by atoms with Gasteiger partial charge in [-0.2, -0.15) is 0 Å². The minimum Gasteiger partial charge on any atom is -0.488 e. The van der Waals surface area contributed by atoms with E-state index < -0.39 is 0 Å². The molecule has 2 unspecified atom stereocenters. The summed E-state index contributed by atoms with van der Waals surface area (Å²) in [5.74, 6) is 0.583. The second kappa shape index (κ2) is 9.63. The Balaban J connectivity index is 1.55. The van der Waals surface area contributed by atoms with E-state index in [4.69, 9.17) is 14.2 Å². The summed E-state index contributed by atoms with van der Waals surface area (Å²) in [5.41, 5.74) is 5.31. The van der Waals surface area contributed by atoms with Crippen LogP contribution in [0.15, 0.2) is 78.9 Å². The van der Waals surface area contributed by atoms with Gasteiger partial charge in [0, 0.05) is 5.56 Å². The first-order chi connectivity index (χ1) is 15.2. The Bertz CT molecular complexity index is 1070. The predicted molar refractivity (Wildman–Crippen MR) is 121 cm³/mol. The second-order valence-corrected chi connectivity index (χ2v) is 7.58. The van der Waals surface area contributed by atoms with Crippen molar-refractivity contribution in [1.82, 2.24) is 0 Å². The zero-order chi connectivity index (χ0) is 21.6. The molecule has 0 fully saturated rings. The van der Waals surface area contributed by atoms with E-state index in [1.54, 1.807) is 0 Å². The molecule has 0 radical (unpaired) electrons. The number of carbonyl (C=O) groups excluding carboxylic acids is 1. The average molecular weight is 415 g/mol. The lowest BCUT2D eigenvalue weighted by atomic mass is 9.99. The molecule has 1 aliphatic rings. The van der Waals surface area contributed by atoms with Gasteiger partial charge in [0.25, 0.3) is 0 Å². The lowest BCUT2D eigenvalue weighted by Gasteiger charge is -2.13. The summed E-state index contributed by atoms with van der Waals surface area (Å²) in [4.78, 5) is 11.8. The Morgan fingerprint density at radius 3 is 2.48 bits per heavy atom. The number of methoxy groups -OCH3 is 1. The molecule has 158 valence electrons. The Morgan fingerprint density at radius 1 is 0.968 bits per heavy atom. The van der Waals surface area contributed by atoms with Crippen molar-refractivity contribution in [2.45, 2.75) is 32.2 Å². The summed E-state index contributed by atoms with van der Waals surface area (Å²) in [6.45, 7) is 2.56. The van der Waals surface area contributed by atoms with Crippen molar-refractivity contribution < 1.29 is 19.0 Å². The standard InChI is InChI=1S/C27H26O4/c1-19-9-8-12-21(27(19)30-18-20-10-4-3-5-11-20)15-16-24-22-13-6-7-14-23(22)25(31-24)17-26(28)29-2/h3-16,24-25H,17-18H2,1-2H3/b16-15+. The van der Waals surface area contributed by atoms with Gasteiger partial charge in [0.05, 0.1) is 19.6 Å². The SMILES string of the molecule is COC(=O)CC1OC(/C=C/c2cccc(C)c2OCc2ccccc2)c2ccccc21. The van der Waals surface area contributed by atoms with E-state index in [9.17, 15) is 4.79 Å². The molecule has 3 aromatic rings. The first kappa shape index (κ1) is 20.9. The number of benzene rings is 3. The van der Waals surface area contributed by atoms with E-state index in [0.717, 1.165) is 33.6 Å². The fourth-order valence-electron chi connectivity index (χ4n) is 3.85. The normalized spacial score (nSPS) is 17.5. The summed E-state index contributed by atoms with van der Waals surface area (Å²) >= 11 is 0. The highest BCUT2D eigenvalue weighted by molar-refractivity contribution is 5.70. The van der Waals surface area contributed by atoms with Crippen LogP contribution in [0.2, 0.25) is 0 Å². The molecule has 1 heterocycles. The first-order valence-corrected chi connectivity index (χ1v) is 10.4. The third-order valence-electron chi connectivity index (χ3n) is 5.46. The molecule has 4 nitrogen and oxygen atoms in total. The van der Waals surface area contributed by atoms with Crippen molar-refractivity contribution >= 4 is 12.0 Å². The fraction of sp³-hybridized carbons (Fsp3) is 0.222. The number of esters is 1. The van der Waals surface area contributed by atoms with Crippen LogP contribution < -0.4 is 4.74 Å². The number of hydrogen-bond acceptors (Lipinski definition) is 4. The quantitative estimate of drug-likeness (QED) is 0.447. The van der Waals surface area contributed by atoms with Gasteiger partial charge in [0.2, 0.25) is 0 Å². The van der Waals surface area contributed by atoms with E-state index >= 15 is 0 Å². The second-order valence-electron chi connectivity index (χ2n) is 7.58. The molecule has 4 rings (SSSR count). The molecule has 0 bridgehead atoms. The zero-order valence-corrected chi connectivity index (χ0v) is 17.8. The Hall–Kier alpha value is -3.37. The van der Waals surface area contributed by atoms with Crippen LogP contribution in [0.25, 0.3) is 6.08 Å². The monoisotopic (exact) mass is 414 g/mol. The summed E-state index contributed by atoms with van der Waals surface area (Å²) in [5, 5.41) is 0. The van der Waals surface area contributed by atoms with Gasteiger partial charge in [0.1, 0.15) is 18.5 Å². The number of hydrogen-bond donors (Lipinski definition) is 0. The lowest BCUT2D eigenvalue weighted by Crippen LogP contribution is -2.08. The van der Waals surface area contributed by atoms with Crippen LogP contribution in [0.1, 0.15) is 46.4 Å². The summed E-state index contributed by atoms with van der Waals surface area (Å²) in [6, 6.07) is 24.3. The van der Waals surface area contributed by atoms with Gasteiger partial charge in [-0.25, -0.2) is 0 Å². The Labute approximate surface area is 183 Å². The van der Waals surface area contributed by atoms with Crippen LogP contribution in [-0.2, 0) is 20.9 Å². The number of ether oxygens (including phenoxy) is 3. The maximum absolute atomic E-state index is 11.8. The minimum atomic E-state index is -0.301. The Kier molecular flexibility index (Phi) is 6.48. The lowest BCUT2D eigenvalue weighted by molar-refractivity contribution is -0.144. The van der Waals surface area contributed by atoms with E-state index in [1.807, 2.05) is 79.7 Å². The summed E-state index contributed by atoms with van der Waals surface area (Å²) < 4.78 is 17.2. The Morgan fingerprint density at radius 2 is 1.71 bits per heavy atom. The number of carbonyl (C=O) groups is 1. The molecule has 2 atom stereocenters. The molecule has 0 saturated heterocycles. The number of para-hydroxylation sites is 1. The average Bonchev–Trinajstić information content (AvgIpc) is 3.15. The molecule has 0 aliphatic carbocycles. The third kappa shape index (κ3) is 4.86. The minimum absolute atomic E-state index is 0.202. The van der Waals surface area contributed by atoms with Crippen LogP contribution >= 0.6 is 0 Å². The van der Waals surface area contributed by atoms with Crippen LogP contribution in [0.3, 0.4) is 0 Å². The molecule has 0 saturated carbocycles. The molecular formula is C27H26O4. The van der Waals surface area contributed by atoms with E-state index in [0.29, 0.717) is 6.61 Å². The van der Waals surface area contributed by atoms with Crippen LogP contribution in [-0.4, -0.2) is 13.1 Å². The van der Waals surface area contributed by atoms with Crippen molar-refractivity contribution in [3.63, 3.8) is 0 Å². The molecule has 0 N–H and O–H groups in total. The number of fused-ring (bicyclic) bond motifs is 1. The molecule has 31 heavy (non-hydrogen) atoms. The largest absolute Gasteiger partial charge is 0.488 e. The van der Waals surface area contributed by atoms with Crippen LogP contribution in [0.4, 0.5) is 0 Å². The highest BCUT2D eigenvalue weighted by atomic mass is 16.5. The van der Waals surface area contributed by atoms with Crippen LogP contribution in [0, 0.1) is 6.92 Å². The van der Waals surface area contributed by atoms with E-state index in [-0.39, 0.29) is 24.6 Å². The number of rotatable bonds is 7.